The van der Waals surface area contributed by atoms with Gasteiger partial charge in [-0.05, 0) is 12.1 Å². The Labute approximate surface area is 104 Å². The second-order valence-corrected chi connectivity index (χ2v) is 5.14. The van der Waals surface area contributed by atoms with E-state index in [1.807, 2.05) is 0 Å². The molecule has 1 fully saturated rings. The number of phenols is 1. The molecule has 1 saturated heterocycles. The van der Waals surface area contributed by atoms with E-state index in [-0.39, 0.29) is 29.0 Å². The molecule has 1 heterocycles. The summed E-state index contributed by atoms with van der Waals surface area (Å²) in [5, 5.41) is 9.43. The van der Waals surface area contributed by atoms with Gasteiger partial charge in [0.1, 0.15) is 5.75 Å². The van der Waals surface area contributed by atoms with Gasteiger partial charge in [-0.3, -0.25) is 9.59 Å². The van der Waals surface area contributed by atoms with Crippen LogP contribution in [0, 0.1) is 5.41 Å². The van der Waals surface area contributed by atoms with Gasteiger partial charge < -0.3 is 5.11 Å². The average Bonchev–Trinajstić information content (AvgIpc) is 2.39. The molecule has 1 aliphatic heterocycles. The Kier molecular flexibility index (Phi) is 2.62. The standard InChI is InChI=1S/C12H12ClNO3/c1-12(2)6-10(16)14(11(12)17)9-4-3-7(15)5-8(9)13/h3-5,15H,6H2,1-2H3. The van der Waals surface area contributed by atoms with Crippen molar-refractivity contribution in [1.82, 2.24) is 0 Å². The van der Waals surface area contributed by atoms with Crippen molar-refractivity contribution >= 4 is 29.1 Å². The Morgan fingerprint density at radius 3 is 2.47 bits per heavy atom. The van der Waals surface area contributed by atoms with Crippen molar-refractivity contribution in [1.29, 1.82) is 0 Å². The summed E-state index contributed by atoms with van der Waals surface area (Å²) in [6.45, 7) is 3.45. The summed E-state index contributed by atoms with van der Waals surface area (Å²) in [4.78, 5) is 25.0. The molecule has 2 rings (SSSR count). The van der Waals surface area contributed by atoms with E-state index in [0.29, 0.717) is 5.69 Å². The Morgan fingerprint density at radius 1 is 1.35 bits per heavy atom. The number of amides is 2. The Bertz CT molecular complexity index is 510. The molecule has 0 aromatic heterocycles. The zero-order valence-corrected chi connectivity index (χ0v) is 10.3. The van der Waals surface area contributed by atoms with E-state index in [0.717, 1.165) is 4.90 Å². The van der Waals surface area contributed by atoms with Crippen molar-refractivity contribution < 1.29 is 14.7 Å². The summed E-state index contributed by atoms with van der Waals surface area (Å²) in [6.07, 6.45) is 0.170. The predicted molar refractivity (Wildman–Crippen MR) is 64.0 cm³/mol. The van der Waals surface area contributed by atoms with Crippen molar-refractivity contribution in [2.45, 2.75) is 20.3 Å². The first-order valence-corrected chi connectivity index (χ1v) is 5.56. The highest BCUT2D eigenvalue weighted by Gasteiger charge is 2.46. The zero-order chi connectivity index (χ0) is 12.8. The van der Waals surface area contributed by atoms with Gasteiger partial charge in [0.05, 0.1) is 16.1 Å². The van der Waals surface area contributed by atoms with Gasteiger partial charge in [-0.2, -0.15) is 0 Å². The fraction of sp³-hybridized carbons (Fsp3) is 0.333. The van der Waals surface area contributed by atoms with E-state index in [2.05, 4.69) is 0 Å². The molecule has 0 saturated carbocycles. The number of benzene rings is 1. The number of carbonyl (C=O) groups is 2. The second-order valence-electron chi connectivity index (χ2n) is 4.73. The van der Waals surface area contributed by atoms with Crippen LogP contribution in [0.2, 0.25) is 5.02 Å². The van der Waals surface area contributed by atoms with Gasteiger partial charge in [0.25, 0.3) is 0 Å². The second kappa shape index (κ2) is 3.74. The number of hydrogen-bond donors (Lipinski definition) is 1. The number of halogens is 1. The van der Waals surface area contributed by atoms with Crippen LogP contribution in [0.4, 0.5) is 5.69 Å². The molecule has 0 spiro atoms. The topological polar surface area (TPSA) is 57.6 Å². The molecule has 0 atom stereocenters. The number of imide groups is 1. The van der Waals surface area contributed by atoms with Crippen LogP contribution in [0.3, 0.4) is 0 Å². The van der Waals surface area contributed by atoms with Crippen molar-refractivity contribution in [3.05, 3.63) is 23.2 Å². The lowest BCUT2D eigenvalue weighted by Crippen LogP contribution is -2.33. The first-order chi connectivity index (χ1) is 7.83. The summed E-state index contributed by atoms with van der Waals surface area (Å²) in [6, 6.07) is 4.17. The molecule has 90 valence electrons. The molecule has 0 unspecified atom stereocenters. The van der Waals surface area contributed by atoms with Crippen LogP contribution in [0.5, 0.6) is 5.75 Å². The third-order valence-corrected chi connectivity index (χ3v) is 3.10. The van der Waals surface area contributed by atoms with Crippen LogP contribution in [0.15, 0.2) is 18.2 Å². The lowest BCUT2D eigenvalue weighted by molar-refractivity contribution is -0.124. The fourth-order valence-electron chi connectivity index (χ4n) is 1.87. The molecule has 2 amide bonds. The summed E-state index contributed by atoms with van der Waals surface area (Å²) >= 11 is 5.93. The molecule has 1 aromatic rings. The predicted octanol–water partition coefficient (Wildman–Crippen LogP) is 2.34. The molecule has 1 N–H and O–H groups in total. The molecule has 5 heteroatoms. The van der Waals surface area contributed by atoms with Gasteiger partial charge in [0.2, 0.25) is 11.8 Å². The number of nitrogens with zero attached hydrogens (tertiary/aromatic N) is 1. The van der Waals surface area contributed by atoms with Crippen LogP contribution >= 0.6 is 11.6 Å². The SMILES string of the molecule is CC1(C)CC(=O)N(c2ccc(O)cc2Cl)C1=O. The van der Waals surface area contributed by atoms with E-state index >= 15 is 0 Å². The molecule has 1 aliphatic rings. The molecule has 0 aliphatic carbocycles. The third-order valence-electron chi connectivity index (χ3n) is 2.80. The summed E-state index contributed by atoms with van der Waals surface area (Å²) in [5.74, 6) is -0.542. The van der Waals surface area contributed by atoms with Gasteiger partial charge in [0, 0.05) is 12.5 Å². The number of hydrogen-bond acceptors (Lipinski definition) is 3. The van der Waals surface area contributed by atoms with Gasteiger partial charge in [-0.25, -0.2) is 4.90 Å². The monoisotopic (exact) mass is 253 g/mol. The largest absolute Gasteiger partial charge is 0.508 e. The molecule has 0 radical (unpaired) electrons. The van der Waals surface area contributed by atoms with Crippen LogP contribution < -0.4 is 4.90 Å². The van der Waals surface area contributed by atoms with Gasteiger partial charge in [0.15, 0.2) is 0 Å². The lowest BCUT2D eigenvalue weighted by Gasteiger charge is -2.18. The Morgan fingerprint density at radius 2 is 2.00 bits per heavy atom. The van der Waals surface area contributed by atoms with Crippen LogP contribution in [0.1, 0.15) is 20.3 Å². The van der Waals surface area contributed by atoms with Crippen molar-refractivity contribution in [2.75, 3.05) is 4.90 Å². The highest BCUT2D eigenvalue weighted by molar-refractivity contribution is 6.36. The van der Waals surface area contributed by atoms with Gasteiger partial charge in [-0.1, -0.05) is 25.4 Å². The highest BCUT2D eigenvalue weighted by Crippen LogP contribution is 2.38. The van der Waals surface area contributed by atoms with Gasteiger partial charge >= 0.3 is 0 Å². The Hall–Kier alpha value is -1.55. The first-order valence-electron chi connectivity index (χ1n) is 5.19. The van der Waals surface area contributed by atoms with E-state index in [1.54, 1.807) is 13.8 Å². The maximum absolute atomic E-state index is 12.1. The van der Waals surface area contributed by atoms with Gasteiger partial charge in [-0.15, -0.1) is 0 Å². The molecule has 1 aromatic carbocycles. The number of carbonyl (C=O) groups excluding carboxylic acids is 2. The zero-order valence-electron chi connectivity index (χ0n) is 9.53. The molecule has 4 nitrogen and oxygen atoms in total. The Balaban J connectivity index is 2.48. The maximum atomic E-state index is 12.1. The minimum atomic E-state index is -0.696. The van der Waals surface area contributed by atoms with E-state index in [1.165, 1.54) is 18.2 Å². The molecule has 17 heavy (non-hydrogen) atoms. The number of anilines is 1. The maximum Gasteiger partial charge on any atom is 0.239 e. The first kappa shape index (κ1) is 11.9. The van der Waals surface area contributed by atoms with Crippen LogP contribution in [0.25, 0.3) is 0 Å². The van der Waals surface area contributed by atoms with Crippen molar-refractivity contribution in [2.24, 2.45) is 5.41 Å². The van der Waals surface area contributed by atoms with Crippen LogP contribution in [-0.2, 0) is 9.59 Å². The summed E-state index contributed by atoms with van der Waals surface area (Å²) in [7, 11) is 0. The quantitative estimate of drug-likeness (QED) is 0.782. The van der Waals surface area contributed by atoms with E-state index in [9.17, 15) is 14.7 Å². The molecular weight excluding hydrogens is 242 g/mol. The van der Waals surface area contributed by atoms with Crippen molar-refractivity contribution in [3.63, 3.8) is 0 Å². The number of aromatic hydroxyl groups is 1. The van der Waals surface area contributed by atoms with E-state index < -0.39 is 5.41 Å². The summed E-state index contributed by atoms with van der Waals surface area (Å²) < 4.78 is 0. The van der Waals surface area contributed by atoms with Crippen molar-refractivity contribution in [3.8, 4) is 5.75 Å². The fourth-order valence-corrected chi connectivity index (χ4v) is 2.13. The molecule has 0 bridgehead atoms. The minimum absolute atomic E-state index is 0.00268. The van der Waals surface area contributed by atoms with E-state index in [4.69, 9.17) is 11.6 Å². The highest BCUT2D eigenvalue weighted by atomic mass is 35.5. The van der Waals surface area contributed by atoms with Crippen LogP contribution in [-0.4, -0.2) is 16.9 Å². The lowest BCUT2D eigenvalue weighted by atomic mass is 9.92. The molecular formula is C12H12ClNO3. The average molecular weight is 254 g/mol. The minimum Gasteiger partial charge on any atom is -0.508 e. The number of phenolic OH excluding ortho intramolecular Hbond substituents is 1. The summed E-state index contributed by atoms with van der Waals surface area (Å²) in [5.41, 5.74) is -0.372. The smallest absolute Gasteiger partial charge is 0.239 e. The third kappa shape index (κ3) is 1.89. The number of rotatable bonds is 1. The normalized spacial score (nSPS) is 18.9.